The van der Waals surface area contributed by atoms with Crippen molar-refractivity contribution in [1.82, 2.24) is 0 Å². The summed E-state index contributed by atoms with van der Waals surface area (Å²) in [6.45, 7) is 0. The van der Waals surface area contributed by atoms with Crippen molar-refractivity contribution in [3.8, 4) is 0 Å². The molecular formula is C21H19ClN2O3S2. The monoisotopic (exact) mass is 446 g/mol. The van der Waals surface area contributed by atoms with Crippen LogP contribution in [0.4, 0.5) is 11.4 Å². The molecule has 3 aromatic carbocycles. The summed E-state index contributed by atoms with van der Waals surface area (Å²) in [4.78, 5) is 13.8. The van der Waals surface area contributed by atoms with Gasteiger partial charge in [-0.25, -0.2) is 8.42 Å². The zero-order valence-electron chi connectivity index (χ0n) is 15.8. The predicted octanol–water partition coefficient (Wildman–Crippen LogP) is 5.14. The molecule has 0 atom stereocenters. The van der Waals surface area contributed by atoms with Gasteiger partial charge in [-0.3, -0.25) is 9.10 Å². The molecule has 0 radical (unpaired) electrons. The van der Waals surface area contributed by atoms with E-state index in [0.717, 1.165) is 9.20 Å². The van der Waals surface area contributed by atoms with Crippen molar-refractivity contribution in [3.63, 3.8) is 0 Å². The van der Waals surface area contributed by atoms with Crippen LogP contribution in [0, 0.1) is 0 Å². The Morgan fingerprint density at radius 1 is 1.00 bits per heavy atom. The lowest BCUT2D eigenvalue weighted by molar-refractivity contribution is 0.102. The quantitative estimate of drug-likeness (QED) is 0.532. The first-order valence-corrected chi connectivity index (χ1v) is 11.7. The van der Waals surface area contributed by atoms with Crippen molar-refractivity contribution in [2.45, 2.75) is 9.79 Å². The number of carbonyl (C=O) groups is 1. The first kappa shape index (κ1) is 21.2. The predicted molar refractivity (Wildman–Crippen MR) is 120 cm³/mol. The number of rotatable bonds is 6. The fourth-order valence-corrected chi connectivity index (χ4v) is 4.56. The van der Waals surface area contributed by atoms with Crippen molar-refractivity contribution < 1.29 is 13.2 Å². The molecule has 0 saturated heterocycles. The molecule has 0 bridgehead atoms. The number of carbonyl (C=O) groups excluding carboxylic acids is 1. The Hall–Kier alpha value is -2.48. The van der Waals surface area contributed by atoms with Crippen molar-refractivity contribution in [2.75, 3.05) is 22.9 Å². The second kappa shape index (κ2) is 8.90. The highest BCUT2D eigenvalue weighted by Gasteiger charge is 2.22. The van der Waals surface area contributed by atoms with Crippen LogP contribution in [0.3, 0.4) is 0 Å². The molecule has 1 N–H and O–H groups in total. The fraction of sp³-hybridized carbons (Fsp3) is 0.0952. The Balaban J connectivity index is 1.86. The fourth-order valence-electron chi connectivity index (χ4n) is 2.69. The molecule has 0 aliphatic heterocycles. The topological polar surface area (TPSA) is 66.5 Å². The average molecular weight is 447 g/mol. The first-order valence-electron chi connectivity index (χ1n) is 8.62. The summed E-state index contributed by atoms with van der Waals surface area (Å²) in [5.74, 6) is -0.314. The van der Waals surface area contributed by atoms with Crippen LogP contribution in [0.2, 0.25) is 5.02 Å². The van der Waals surface area contributed by atoms with Crippen LogP contribution in [0.1, 0.15) is 10.4 Å². The number of amides is 1. The number of para-hydroxylation sites is 1. The van der Waals surface area contributed by atoms with Crippen LogP contribution in [0.15, 0.2) is 82.6 Å². The van der Waals surface area contributed by atoms with E-state index in [4.69, 9.17) is 11.6 Å². The van der Waals surface area contributed by atoms with Gasteiger partial charge in [-0.2, -0.15) is 0 Å². The number of anilines is 2. The maximum Gasteiger partial charge on any atom is 0.264 e. The van der Waals surface area contributed by atoms with Gasteiger partial charge in [0.15, 0.2) is 0 Å². The standard InChI is InChI=1S/C21H19ClN2O3S2/c1-24(29(26,27)18-12-10-16(22)11-13-18)17-7-5-6-15(14-17)21(25)23-19-8-3-4-9-20(19)28-2/h3-14H,1-2H3,(H,23,25). The Bertz CT molecular complexity index is 1130. The molecule has 150 valence electrons. The minimum Gasteiger partial charge on any atom is -0.321 e. The van der Waals surface area contributed by atoms with Crippen molar-refractivity contribution >= 4 is 50.7 Å². The maximum absolute atomic E-state index is 12.9. The minimum absolute atomic E-state index is 0.119. The lowest BCUT2D eigenvalue weighted by Crippen LogP contribution is -2.26. The van der Waals surface area contributed by atoms with Crippen LogP contribution in [-0.2, 0) is 10.0 Å². The van der Waals surface area contributed by atoms with Crippen molar-refractivity contribution in [2.24, 2.45) is 0 Å². The third-order valence-electron chi connectivity index (χ3n) is 4.30. The summed E-state index contributed by atoms with van der Waals surface area (Å²) in [6, 6.07) is 19.9. The Morgan fingerprint density at radius 2 is 1.69 bits per heavy atom. The molecule has 3 aromatic rings. The number of nitrogens with zero attached hydrogens (tertiary/aromatic N) is 1. The third kappa shape index (κ3) is 4.75. The van der Waals surface area contributed by atoms with Gasteiger partial charge in [0.2, 0.25) is 0 Å². The second-order valence-electron chi connectivity index (χ2n) is 6.13. The first-order chi connectivity index (χ1) is 13.8. The Labute approximate surface area is 179 Å². The highest BCUT2D eigenvalue weighted by atomic mass is 35.5. The van der Waals surface area contributed by atoms with E-state index in [0.29, 0.717) is 22.0 Å². The van der Waals surface area contributed by atoms with Gasteiger partial charge in [0.25, 0.3) is 15.9 Å². The van der Waals surface area contributed by atoms with Crippen LogP contribution >= 0.6 is 23.4 Å². The molecule has 0 aromatic heterocycles. The molecule has 8 heteroatoms. The SMILES string of the molecule is CSc1ccccc1NC(=O)c1cccc(N(C)S(=O)(=O)c2ccc(Cl)cc2)c1. The van der Waals surface area contributed by atoms with E-state index in [9.17, 15) is 13.2 Å². The molecule has 0 heterocycles. The van der Waals surface area contributed by atoms with Crippen LogP contribution < -0.4 is 9.62 Å². The van der Waals surface area contributed by atoms with Gasteiger partial charge in [0, 0.05) is 22.5 Å². The van der Waals surface area contributed by atoms with Crippen molar-refractivity contribution in [1.29, 1.82) is 0 Å². The van der Waals surface area contributed by atoms with Gasteiger partial charge in [-0.1, -0.05) is 29.8 Å². The summed E-state index contributed by atoms with van der Waals surface area (Å²) < 4.78 is 26.9. The van der Waals surface area contributed by atoms with E-state index in [-0.39, 0.29) is 10.8 Å². The smallest absolute Gasteiger partial charge is 0.264 e. The van der Waals surface area contributed by atoms with Gasteiger partial charge in [0.05, 0.1) is 16.3 Å². The molecule has 5 nitrogen and oxygen atoms in total. The molecule has 0 aliphatic carbocycles. The number of sulfonamides is 1. The molecular weight excluding hydrogens is 428 g/mol. The average Bonchev–Trinajstić information content (AvgIpc) is 2.74. The Morgan fingerprint density at radius 3 is 2.38 bits per heavy atom. The van der Waals surface area contributed by atoms with Crippen LogP contribution in [0.5, 0.6) is 0 Å². The lowest BCUT2D eigenvalue weighted by atomic mass is 10.2. The van der Waals surface area contributed by atoms with Crippen molar-refractivity contribution in [3.05, 3.63) is 83.4 Å². The largest absolute Gasteiger partial charge is 0.321 e. The summed E-state index contributed by atoms with van der Waals surface area (Å²) in [5, 5.41) is 3.33. The van der Waals surface area contributed by atoms with E-state index in [1.807, 2.05) is 30.5 Å². The van der Waals surface area contributed by atoms with Crippen LogP contribution in [-0.4, -0.2) is 27.6 Å². The number of hydrogen-bond donors (Lipinski definition) is 1. The molecule has 0 aliphatic rings. The van der Waals surface area contributed by atoms with Gasteiger partial charge < -0.3 is 5.32 Å². The van der Waals surface area contributed by atoms with E-state index in [2.05, 4.69) is 5.32 Å². The number of thioether (sulfide) groups is 1. The zero-order chi connectivity index (χ0) is 21.0. The summed E-state index contributed by atoms with van der Waals surface area (Å²) >= 11 is 7.38. The highest BCUT2D eigenvalue weighted by Crippen LogP contribution is 2.27. The lowest BCUT2D eigenvalue weighted by Gasteiger charge is -2.20. The molecule has 0 fully saturated rings. The van der Waals surface area contributed by atoms with E-state index >= 15 is 0 Å². The number of nitrogens with one attached hydrogen (secondary N) is 1. The Kier molecular flexibility index (Phi) is 6.52. The zero-order valence-corrected chi connectivity index (χ0v) is 18.2. The van der Waals surface area contributed by atoms with E-state index in [1.54, 1.807) is 24.3 Å². The molecule has 0 unspecified atom stereocenters. The van der Waals surface area contributed by atoms with E-state index in [1.165, 1.54) is 43.1 Å². The van der Waals surface area contributed by atoms with Gasteiger partial charge in [-0.05, 0) is 60.9 Å². The molecule has 3 rings (SSSR count). The van der Waals surface area contributed by atoms with Gasteiger partial charge in [-0.15, -0.1) is 11.8 Å². The van der Waals surface area contributed by atoms with Gasteiger partial charge in [0.1, 0.15) is 0 Å². The van der Waals surface area contributed by atoms with Gasteiger partial charge >= 0.3 is 0 Å². The third-order valence-corrected chi connectivity index (χ3v) is 7.15. The summed E-state index contributed by atoms with van der Waals surface area (Å²) in [6.07, 6.45) is 1.93. The summed E-state index contributed by atoms with van der Waals surface area (Å²) in [7, 11) is -2.33. The second-order valence-corrected chi connectivity index (χ2v) is 9.38. The minimum atomic E-state index is -3.78. The normalized spacial score (nSPS) is 11.1. The number of halogens is 1. The van der Waals surface area contributed by atoms with E-state index < -0.39 is 10.0 Å². The molecule has 0 spiro atoms. The summed E-state index contributed by atoms with van der Waals surface area (Å²) in [5.41, 5.74) is 1.44. The number of hydrogen-bond acceptors (Lipinski definition) is 4. The molecule has 0 saturated carbocycles. The van der Waals surface area contributed by atoms with Crippen LogP contribution in [0.25, 0.3) is 0 Å². The maximum atomic E-state index is 12.9. The molecule has 29 heavy (non-hydrogen) atoms. The number of benzene rings is 3. The molecule has 1 amide bonds. The highest BCUT2D eigenvalue weighted by molar-refractivity contribution is 7.98.